The van der Waals surface area contributed by atoms with Crippen LogP contribution in [-0.2, 0) is 4.74 Å². The number of carbonyl (C=O) groups is 1. The highest BCUT2D eigenvalue weighted by Crippen LogP contribution is 2.34. The van der Waals surface area contributed by atoms with Gasteiger partial charge in [-0.3, -0.25) is 0 Å². The van der Waals surface area contributed by atoms with Gasteiger partial charge in [-0.2, -0.15) is 0 Å². The van der Waals surface area contributed by atoms with Crippen molar-refractivity contribution in [2.75, 3.05) is 0 Å². The zero-order valence-corrected chi connectivity index (χ0v) is 7.71. The molecule has 3 nitrogen and oxygen atoms in total. The molecule has 0 aromatic heterocycles. The molecule has 0 radical (unpaired) electrons. The number of carbonyl (C=O) groups excluding carboxylic acids is 1. The van der Waals surface area contributed by atoms with Crippen LogP contribution in [0.25, 0.3) is 0 Å². The van der Waals surface area contributed by atoms with Crippen LogP contribution in [0.1, 0.15) is 38.5 Å². The van der Waals surface area contributed by atoms with E-state index in [1.54, 1.807) is 0 Å². The van der Waals surface area contributed by atoms with Gasteiger partial charge >= 0.3 is 6.09 Å². The maximum atomic E-state index is 10.7. The molecule has 0 heterocycles. The van der Waals surface area contributed by atoms with Gasteiger partial charge in [-0.05, 0) is 25.7 Å². The fourth-order valence-electron chi connectivity index (χ4n) is 1.91. The zero-order valence-electron chi connectivity index (χ0n) is 7.71. The van der Waals surface area contributed by atoms with E-state index in [0.717, 1.165) is 25.7 Å². The highest BCUT2D eigenvalue weighted by atomic mass is 16.6. The van der Waals surface area contributed by atoms with E-state index in [-0.39, 0.29) is 0 Å². The van der Waals surface area contributed by atoms with Crippen molar-refractivity contribution < 1.29 is 9.53 Å². The second-order valence-corrected chi connectivity index (χ2v) is 3.55. The Hall–Kier alpha value is -1.17. The van der Waals surface area contributed by atoms with Crippen molar-refractivity contribution in [3.8, 4) is 12.3 Å². The Bertz CT molecular complexity index is 224. The first-order chi connectivity index (χ1) is 6.18. The number of nitrogens with two attached hydrogens (primary N) is 1. The molecule has 1 aliphatic carbocycles. The smallest absolute Gasteiger partial charge is 0.405 e. The molecule has 1 aliphatic rings. The van der Waals surface area contributed by atoms with Crippen LogP contribution >= 0.6 is 0 Å². The fraction of sp³-hybridized carbons (Fsp3) is 0.700. The van der Waals surface area contributed by atoms with E-state index in [2.05, 4.69) is 5.92 Å². The summed E-state index contributed by atoms with van der Waals surface area (Å²) < 4.78 is 5.12. The van der Waals surface area contributed by atoms with Crippen LogP contribution in [0, 0.1) is 12.3 Å². The van der Waals surface area contributed by atoms with Crippen LogP contribution in [0.15, 0.2) is 0 Å². The van der Waals surface area contributed by atoms with Gasteiger partial charge in [-0.15, -0.1) is 12.3 Å². The standard InChI is InChI=1S/C10H15NO2/c1-2-6-10(13-9(11)12)7-4-3-5-8-10/h1H,3-8H2,(H2,11,12). The summed E-state index contributed by atoms with van der Waals surface area (Å²) in [6.07, 6.45) is 10.0. The third-order valence-electron chi connectivity index (χ3n) is 2.51. The minimum atomic E-state index is -0.711. The first-order valence-electron chi connectivity index (χ1n) is 4.60. The summed E-state index contributed by atoms with van der Waals surface area (Å²) in [6, 6.07) is 0. The first kappa shape index (κ1) is 9.91. The average Bonchev–Trinajstić information content (AvgIpc) is 2.04. The Kier molecular flexibility index (Phi) is 3.18. The number of terminal acetylenes is 1. The Morgan fingerprint density at radius 1 is 1.46 bits per heavy atom. The molecule has 0 unspecified atom stereocenters. The van der Waals surface area contributed by atoms with Gasteiger partial charge in [0.1, 0.15) is 5.60 Å². The lowest BCUT2D eigenvalue weighted by Crippen LogP contribution is -2.38. The van der Waals surface area contributed by atoms with Gasteiger partial charge in [-0.1, -0.05) is 6.42 Å². The average molecular weight is 181 g/mol. The number of hydrogen-bond donors (Lipinski definition) is 1. The number of rotatable bonds is 2. The summed E-state index contributed by atoms with van der Waals surface area (Å²) >= 11 is 0. The summed E-state index contributed by atoms with van der Waals surface area (Å²) in [6.45, 7) is 0. The normalized spacial score (nSPS) is 20.2. The predicted molar refractivity (Wildman–Crippen MR) is 49.9 cm³/mol. The highest BCUT2D eigenvalue weighted by molar-refractivity contribution is 5.65. The number of ether oxygens (including phenoxy) is 1. The number of hydrogen-bond acceptors (Lipinski definition) is 2. The molecule has 3 heteroatoms. The molecule has 0 atom stereocenters. The van der Waals surface area contributed by atoms with Crippen molar-refractivity contribution in [1.29, 1.82) is 0 Å². The molecular formula is C10H15NO2. The summed E-state index contributed by atoms with van der Waals surface area (Å²) in [5.74, 6) is 2.55. The Balaban J connectivity index is 2.62. The quantitative estimate of drug-likeness (QED) is 0.660. The molecule has 0 aromatic rings. The highest BCUT2D eigenvalue weighted by Gasteiger charge is 2.34. The monoisotopic (exact) mass is 181 g/mol. The molecule has 2 N–H and O–H groups in total. The largest absolute Gasteiger partial charge is 0.442 e. The van der Waals surface area contributed by atoms with E-state index >= 15 is 0 Å². The van der Waals surface area contributed by atoms with Gasteiger partial charge in [0.15, 0.2) is 0 Å². The van der Waals surface area contributed by atoms with E-state index in [1.165, 1.54) is 6.42 Å². The summed E-state index contributed by atoms with van der Waals surface area (Å²) in [5, 5.41) is 0. The number of primary amides is 1. The maximum absolute atomic E-state index is 10.7. The van der Waals surface area contributed by atoms with Crippen molar-refractivity contribution >= 4 is 6.09 Å². The summed E-state index contributed by atoms with van der Waals surface area (Å²) in [7, 11) is 0. The van der Waals surface area contributed by atoms with Crippen LogP contribution < -0.4 is 5.73 Å². The molecule has 1 fully saturated rings. The van der Waals surface area contributed by atoms with Crippen molar-refractivity contribution in [3.05, 3.63) is 0 Å². The topological polar surface area (TPSA) is 52.3 Å². The summed E-state index contributed by atoms with van der Waals surface area (Å²) in [4.78, 5) is 10.7. The fourth-order valence-corrected chi connectivity index (χ4v) is 1.91. The van der Waals surface area contributed by atoms with Crippen LogP contribution in [0.4, 0.5) is 4.79 Å². The lowest BCUT2D eigenvalue weighted by Gasteiger charge is -2.34. The van der Waals surface area contributed by atoms with E-state index < -0.39 is 11.7 Å². The van der Waals surface area contributed by atoms with Crippen LogP contribution in [0.2, 0.25) is 0 Å². The predicted octanol–water partition coefficient (Wildman–Crippen LogP) is 1.81. The molecular weight excluding hydrogens is 166 g/mol. The molecule has 0 aliphatic heterocycles. The molecule has 0 bridgehead atoms. The van der Waals surface area contributed by atoms with Crippen LogP contribution in [0.3, 0.4) is 0 Å². The van der Waals surface area contributed by atoms with Gasteiger partial charge in [0.05, 0.1) is 0 Å². The maximum Gasteiger partial charge on any atom is 0.405 e. The molecule has 72 valence electrons. The second-order valence-electron chi connectivity index (χ2n) is 3.55. The molecule has 1 rings (SSSR count). The van der Waals surface area contributed by atoms with Crippen molar-refractivity contribution in [1.82, 2.24) is 0 Å². The van der Waals surface area contributed by atoms with E-state index in [0.29, 0.717) is 6.42 Å². The van der Waals surface area contributed by atoms with Gasteiger partial charge in [-0.25, -0.2) is 4.79 Å². The van der Waals surface area contributed by atoms with E-state index in [4.69, 9.17) is 16.9 Å². The molecule has 13 heavy (non-hydrogen) atoms. The summed E-state index contributed by atoms with van der Waals surface area (Å²) in [5.41, 5.74) is 4.55. The molecule has 0 saturated heterocycles. The molecule has 0 aromatic carbocycles. The number of amides is 1. The lowest BCUT2D eigenvalue weighted by atomic mass is 9.82. The third kappa shape index (κ3) is 2.66. The SMILES string of the molecule is C#CCC1(OC(N)=O)CCCCC1. The zero-order chi connectivity index (χ0) is 9.73. The van der Waals surface area contributed by atoms with Gasteiger partial charge in [0.25, 0.3) is 0 Å². The van der Waals surface area contributed by atoms with E-state index in [9.17, 15) is 4.79 Å². The molecule has 1 saturated carbocycles. The minimum absolute atomic E-state index is 0.459. The van der Waals surface area contributed by atoms with Crippen LogP contribution in [0.5, 0.6) is 0 Å². The van der Waals surface area contributed by atoms with Crippen molar-refractivity contribution in [3.63, 3.8) is 0 Å². The van der Waals surface area contributed by atoms with Gasteiger partial charge in [0.2, 0.25) is 0 Å². The molecule has 0 spiro atoms. The van der Waals surface area contributed by atoms with Crippen molar-refractivity contribution in [2.24, 2.45) is 5.73 Å². The molecule has 1 amide bonds. The van der Waals surface area contributed by atoms with Crippen molar-refractivity contribution in [2.45, 2.75) is 44.1 Å². The Morgan fingerprint density at radius 3 is 2.54 bits per heavy atom. The van der Waals surface area contributed by atoms with E-state index in [1.807, 2.05) is 0 Å². The Morgan fingerprint density at radius 2 is 2.08 bits per heavy atom. The first-order valence-corrected chi connectivity index (χ1v) is 4.60. The van der Waals surface area contributed by atoms with Gasteiger partial charge in [0, 0.05) is 6.42 Å². The minimum Gasteiger partial charge on any atom is -0.442 e. The van der Waals surface area contributed by atoms with Gasteiger partial charge < -0.3 is 10.5 Å². The Labute approximate surface area is 78.6 Å². The van der Waals surface area contributed by atoms with Crippen LogP contribution in [-0.4, -0.2) is 11.7 Å². The second kappa shape index (κ2) is 4.18. The lowest BCUT2D eigenvalue weighted by molar-refractivity contribution is -0.00799. The third-order valence-corrected chi connectivity index (χ3v) is 2.51.